The van der Waals surface area contributed by atoms with Crippen LogP contribution in [0, 0.1) is 0 Å². The van der Waals surface area contributed by atoms with E-state index in [0.717, 1.165) is 5.56 Å². The maximum absolute atomic E-state index is 12.4. The maximum atomic E-state index is 12.4. The molecular formula is C32H36O8. The zero-order valence-electron chi connectivity index (χ0n) is 23.6. The lowest BCUT2D eigenvalue weighted by atomic mass is 9.98. The molecule has 0 atom stereocenters. The first-order chi connectivity index (χ1) is 19.4. The molecule has 4 rings (SSSR count). The summed E-state index contributed by atoms with van der Waals surface area (Å²) in [7, 11) is 0. The number of aryl methyl sites for hydroxylation is 1. The summed E-state index contributed by atoms with van der Waals surface area (Å²) >= 11 is 0. The van der Waals surface area contributed by atoms with Gasteiger partial charge in [0.1, 0.15) is 11.5 Å². The van der Waals surface area contributed by atoms with Gasteiger partial charge >= 0.3 is 11.9 Å². The van der Waals surface area contributed by atoms with Gasteiger partial charge in [-0.1, -0.05) is 58.0 Å². The molecule has 0 saturated carbocycles. The first-order valence-corrected chi connectivity index (χ1v) is 13.3. The molecule has 0 fully saturated rings. The summed E-state index contributed by atoms with van der Waals surface area (Å²) < 4.78 is 21.5. The van der Waals surface area contributed by atoms with E-state index >= 15 is 0 Å². The Hall–Kier alpha value is -4.59. The minimum atomic E-state index is -1.55. The average Bonchev–Trinajstić information content (AvgIpc) is 3.46. The van der Waals surface area contributed by atoms with E-state index in [1.165, 1.54) is 6.08 Å². The van der Waals surface area contributed by atoms with Crippen LogP contribution >= 0.6 is 0 Å². The van der Waals surface area contributed by atoms with Gasteiger partial charge in [0.25, 0.3) is 5.78 Å². The SMILES string of the molecule is CC.CC.CCOC(=O)CCc1ccc(Oc2ccc(/C(=C\c3ccc4c(c3)OCO4)C(=O)C(=O)O)cc2)cc1. The number of carboxylic acid groups (broad SMARTS) is 1. The Bertz CT molecular complexity index is 1290. The Labute approximate surface area is 235 Å². The number of Topliss-reactive ketones (excluding diaryl/α,β-unsaturated/α-hetero) is 1. The van der Waals surface area contributed by atoms with Crippen molar-refractivity contribution in [1.82, 2.24) is 0 Å². The van der Waals surface area contributed by atoms with Crippen LogP contribution in [0.1, 0.15) is 57.7 Å². The predicted octanol–water partition coefficient (Wildman–Crippen LogP) is 6.95. The van der Waals surface area contributed by atoms with E-state index in [1.54, 1.807) is 61.5 Å². The van der Waals surface area contributed by atoms with Gasteiger partial charge < -0.3 is 24.1 Å². The molecule has 0 unspecified atom stereocenters. The van der Waals surface area contributed by atoms with Gasteiger partial charge in [0, 0.05) is 12.0 Å². The molecule has 0 radical (unpaired) electrons. The fourth-order valence-electron chi connectivity index (χ4n) is 3.61. The molecule has 40 heavy (non-hydrogen) atoms. The van der Waals surface area contributed by atoms with E-state index in [2.05, 4.69) is 0 Å². The smallest absolute Gasteiger partial charge is 0.377 e. The molecule has 1 heterocycles. The molecule has 1 aliphatic rings. The number of benzene rings is 3. The molecule has 1 N–H and O–H groups in total. The van der Waals surface area contributed by atoms with Gasteiger partial charge in [-0.25, -0.2) is 4.79 Å². The molecule has 1 aliphatic heterocycles. The van der Waals surface area contributed by atoms with Crippen molar-refractivity contribution in [1.29, 1.82) is 0 Å². The van der Waals surface area contributed by atoms with Gasteiger partial charge in [0.2, 0.25) is 6.79 Å². The first kappa shape index (κ1) is 31.6. The molecule has 0 bridgehead atoms. The monoisotopic (exact) mass is 548 g/mol. The number of fused-ring (bicyclic) bond motifs is 1. The lowest BCUT2D eigenvalue weighted by Crippen LogP contribution is -2.14. The number of aliphatic carboxylic acids is 1. The molecule has 8 heteroatoms. The highest BCUT2D eigenvalue weighted by Gasteiger charge is 2.21. The summed E-state index contributed by atoms with van der Waals surface area (Å²) in [6.45, 7) is 10.3. The fraction of sp³-hybridized carbons (Fsp3) is 0.281. The third-order valence-electron chi connectivity index (χ3n) is 5.39. The predicted molar refractivity (Wildman–Crippen MR) is 154 cm³/mol. The van der Waals surface area contributed by atoms with Crippen molar-refractivity contribution in [2.45, 2.75) is 47.5 Å². The summed E-state index contributed by atoms with van der Waals surface area (Å²) in [4.78, 5) is 35.4. The molecule has 0 aliphatic carbocycles. The van der Waals surface area contributed by atoms with Gasteiger partial charge in [-0.05, 0) is 72.5 Å². The standard InChI is InChI=1S/C28H24O8.2C2H6/c1-2-33-26(29)14-6-18-3-9-21(10-4-18)36-22-11-7-20(8-12-22)23(27(30)28(31)32)15-19-5-13-24-25(16-19)35-17-34-24;2*1-2/h3-5,7-13,15-16H,2,6,14,17H2,1H3,(H,31,32);2*1-2H3/b23-15+;;. The molecule has 3 aromatic carbocycles. The zero-order chi connectivity index (χ0) is 29.5. The number of ketones is 1. The Morgan fingerprint density at radius 3 is 2.05 bits per heavy atom. The van der Waals surface area contributed by atoms with Crippen LogP contribution in [0.15, 0.2) is 66.7 Å². The summed E-state index contributed by atoms with van der Waals surface area (Å²) in [5, 5.41) is 9.33. The van der Waals surface area contributed by atoms with Crippen LogP contribution < -0.4 is 14.2 Å². The zero-order valence-corrected chi connectivity index (χ0v) is 23.6. The van der Waals surface area contributed by atoms with Crippen LogP contribution in [0.25, 0.3) is 11.6 Å². The van der Waals surface area contributed by atoms with Gasteiger partial charge in [-0.2, -0.15) is 0 Å². The van der Waals surface area contributed by atoms with E-state index in [-0.39, 0.29) is 18.3 Å². The first-order valence-electron chi connectivity index (χ1n) is 13.3. The van der Waals surface area contributed by atoms with Crippen LogP contribution in [0.3, 0.4) is 0 Å². The van der Waals surface area contributed by atoms with Crippen molar-refractivity contribution >= 4 is 29.4 Å². The number of rotatable bonds is 10. The Morgan fingerprint density at radius 2 is 1.45 bits per heavy atom. The van der Waals surface area contributed by atoms with Crippen molar-refractivity contribution in [3.05, 3.63) is 83.4 Å². The Kier molecular flexibility index (Phi) is 13.0. The lowest BCUT2D eigenvalue weighted by Gasteiger charge is -2.09. The number of esters is 1. The van der Waals surface area contributed by atoms with Crippen molar-refractivity contribution in [2.75, 3.05) is 13.4 Å². The van der Waals surface area contributed by atoms with Gasteiger partial charge in [-0.15, -0.1) is 0 Å². The molecule has 0 amide bonds. The summed E-state index contributed by atoms with van der Waals surface area (Å²) in [5.74, 6) is -0.576. The fourth-order valence-corrected chi connectivity index (χ4v) is 3.61. The largest absolute Gasteiger partial charge is 0.475 e. The number of ether oxygens (including phenoxy) is 4. The quantitative estimate of drug-likeness (QED) is 0.125. The van der Waals surface area contributed by atoms with Crippen LogP contribution in [-0.2, 0) is 25.5 Å². The second-order valence-electron chi connectivity index (χ2n) is 7.88. The minimum Gasteiger partial charge on any atom is -0.475 e. The van der Waals surface area contributed by atoms with Crippen LogP contribution in [0.4, 0.5) is 0 Å². The summed E-state index contributed by atoms with van der Waals surface area (Å²) in [6, 6.07) is 19.0. The van der Waals surface area contributed by atoms with Crippen molar-refractivity contribution < 1.29 is 38.4 Å². The van der Waals surface area contributed by atoms with E-state index in [0.29, 0.717) is 53.6 Å². The number of hydrogen-bond acceptors (Lipinski definition) is 7. The van der Waals surface area contributed by atoms with E-state index in [4.69, 9.17) is 18.9 Å². The minimum absolute atomic E-state index is 0.0267. The molecule has 8 nitrogen and oxygen atoms in total. The second-order valence-corrected chi connectivity index (χ2v) is 7.88. The van der Waals surface area contributed by atoms with Gasteiger partial charge in [0.15, 0.2) is 11.5 Å². The molecular weight excluding hydrogens is 512 g/mol. The molecule has 0 spiro atoms. The number of carbonyl (C=O) groups excluding carboxylic acids is 2. The van der Waals surface area contributed by atoms with E-state index < -0.39 is 11.8 Å². The topological polar surface area (TPSA) is 108 Å². The third kappa shape index (κ3) is 9.01. The van der Waals surface area contributed by atoms with Crippen molar-refractivity contribution in [3.63, 3.8) is 0 Å². The normalized spacial score (nSPS) is 11.3. The highest BCUT2D eigenvalue weighted by molar-refractivity contribution is 6.52. The Morgan fingerprint density at radius 1 is 0.850 bits per heavy atom. The number of carbonyl (C=O) groups is 3. The summed E-state index contributed by atoms with van der Waals surface area (Å²) in [6.07, 6.45) is 2.39. The van der Waals surface area contributed by atoms with Gasteiger partial charge in [0.05, 0.1) is 6.61 Å². The van der Waals surface area contributed by atoms with Crippen molar-refractivity contribution in [2.24, 2.45) is 0 Å². The van der Waals surface area contributed by atoms with E-state index in [9.17, 15) is 19.5 Å². The van der Waals surface area contributed by atoms with Crippen LogP contribution in [-0.4, -0.2) is 36.2 Å². The van der Waals surface area contributed by atoms with Gasteiger partial charge in [-0.3, -0.25) is 9.59 Å². The lowest BCUT2D eigenvalue weighted by molar-refractivity contribution is -0.146. The number of hydrogen-bond donors (Lipinski definition) is 1. The molecule has 212 valence electrons. The van der Waals surface area contributed by atoms with Crippen LogP contribution in [0.5, 0.6) is 23.0 Å². The number of carboxylic acids is 1. The Balaban J connectivity index is 0.00000134. The molecule has 3 aromatic rings. The highest BCUT2D eigenvalue weighted by Crippen LogP contribution is 2.34. The summed E-state index contributed by atoms with van der Waals surface area (Å²) in [5.41, 5.74) is 2.05. The third-order valence-corrected chi connectivity index (χ3v) is 5.39. The highest BCUT2D eigenvalue weighted by atomic mass is 16.7. The molecule has 0 saturated heterocycles. The maximum Gasteiger partial charge on any atom is 0.377 e. The molecule has 0 aromatic heterocycles. The van der Waals surface area contributed by atoms with Crippen LogP contribution in [0.2, 0.25) is 0 Å². The van der Waals surface area contributed by atoms with E-state index in [1.807, 2.05) is 39.8 Å². The average molecular weight is 549 g/mol. The second kappa shape index (κ2) is 16.4. The van der Waals surface area contributed by atoms with Crippen molar-refractivity contribution in [3.8, 4) is 23.0 Å².